The van der Waals surface area contributed by atoms with Gasteiger partial charge in [0.15, 0.2) is 11.6 Å². The van der Waals surface area contributed by atoms with Crippen LogP contribution >= 0.6 is 0 Å². The maximum atomic E-state index is 13.3. The molecule has 0 amide bonds. The predicted octanol–water partition coefficient (Wildman–Crippen LogP) is 3.87. The molecule has 0 spiro atoms. The Balaban J connectivity index is 1.59. The average Bonchev–Trinajstić information content (AvgIpc) is 3.44. The highest BCUT2D eigenvalue weighted by Gasteiger charge is 2.48. The summed E-state index contributed by atoms with van der Waals surface area (Å²) in [6, 6.07) is 20.1. The molecule has 1 aliphatic heterocycles. The van der Waals surface area contributed by atoms with E-state index < -0.39 is 12.0 Å². The van der Waals surface area contributed by atoms with E-state index in [9.17, 15) is 19.8 Å². The summed E-state index contributed by atoms with van der Waals surface area (Å²) < 4.78 is 1.30. The number of hydrogen-bond acceptors (Lipinski definition) is 6. The molecule has 3 heterocycles. The average molecular weight is 435 g/mol. The summed E-state index contributed by atoms with van der Waals surface area (Å²) in [5.74, 6) is -2.41. The molecule has 1 aliphatic carbocycles. The third-order valence-electron chi connectivity index (χ3n) is 6.19. The zero-order valence-corrected chi connectivity index (χ0v) is 17.2. The molecule has 7 nitrogen and oxygen atoms in total. The lowest BCUT2D eigenvalue weighted by molar-refractivity contribution is 0.0884. The SMILES string of the molecule is O=C1c2ccccc2C(=O)C1C1=NC(c2ccccn2)c2c1c(O)n(-c1ccccc1)c2O. The van der Waals surface area contributed by atoms with Gasteiger partial charge in [-0.05, 0) is 24.3 Å². The van der Waals surface area contributed by atoms with Crippen molar-refractivity contribution in [3.63, 3.8) is 0 Å². The van der Waals surface area contributed by atoms with Crippen LogP contribution in [-0.4, -0.2) is 37.0 Å². The third-order valence-corrected chi connectivity index (χ3v) is 6.19. The minimum Gasteiger partial charge on any atom is -0.494 e. The van der Waals surface area contributed by atoms with Crippen molar-refractivity contribution in [1.29, 1.82) is 0 Å². The number of carbonyl (C=O) groups is 2. The van der Waals surface area contributed by atoms with Crippen molar-refractivity contribution >= 4 is 17.3 Å². The molecule has 2 N–H and O–H groups in total. The minimum absolute atomic E-state index is 0.148. The van der Waals surface area contributed by atoms with Gasteiger partial charge in [0.2, 0.25) is 11.8 Å². The van der Waals surface area contributed by atoms with Gasteiger partial charge in [0.05, 0.1) is 28.2 Å². The fourth-order valence-corrected chi connectivity index (χ4v) is 4.73. The maximum absolute atomic E-state index is 13.3. The highest BCUT2D eigenvalue weighted by Crippen LogP contribution is 2.49. The molecule has 0 saturated heterocycles. The molecule has 160 valence electrons. The van der Waals surface area contributed by atoms with Crippen molar-refractivity contribution in [2.45, 2.75) is 6.04 Å². The number of fused-ring (bicyclic) bond motifs is 2. The van der Waals surface area contributed by atoms with E-state index in [-0.39, 0.29) is 34.6 Å². The second kappa shape index (κ2) is 7.00. The first-order valence-corrected chi connectivity index (χ1v) is 10.5. The summed E-state index contributed by atoms with van der Waals surface area (Å²) in [4.78, 5) is 35.6. The fraction of sp³-hybridized carbons (Fsp3) is 0.0769. The Morgan fingerprint density at radius 2 is 1.39 bits per heavy atom. The molecule has 0 radical (unpaired) electrons. The van der Waals surface area contributed by atoms with E-state index in [1.165, 1.54) is 4.57 Å². The van der Waals surface area contributed by atoms with Crippen molar-refractivity contribution in [2.75, 3.05) is 0 Å². The number of nitrogens with zero attached hydrogens (tertiary/aromatic N) is 3. The molecule has 4 aromatic rings. The van der Waals surface area contributed by atoms with Crippen LogP contribution in [0.3, 0.4) is 0 Å². The van der Waals surface area contributed by atoms with E-state index in [1.54, 1.807) is 72.9 Å². The zero-order chi connectivity index (χ0) is 22.7. The van der Waals surface area contributed by atoms with E-state index in [2.05, 4.69) is 9.98 Å². The van der Waals surface area contributed by atoms with Gasteiger partial charge in [0, 0.05) is 17.3 Å². The maximum Gasteiger partial charge on any atom is 0.208 e. The summed E-state index contributed by atoms with van der Waals surface area (Å²) >= 11 is 0. The van der Waals surface area contributed by atoms with Crippen LogP contribution in [0.1, 0.15) is 43.6 Å². The van der Waals surface area contributed by atoms with Gasteiger partial charge in [0.1, 0.15) is 12.0 Å². The van der Waals surface area contributed by atoms with Crippen LogP contribution in [0.25, 0.3) is 5.69 Å². The second-order valence-electron chi connectivity index (χ2n) is 7.99. The van der Waals surface area contributed by atoms with Crippen LogP contribution < -0.4 is 0 Å². The first-order chi connectivity index (χ1) is 16.1. The van der Waals surface area contributed by atoms with Gasteiger partial charge >= 0.3 is 0 Å². The Morgan fingerprint density at radius 1 is 0.758 bits per heavy atom. The number of aromatic hydroxyl groups is 2. The van der Waals surface area contributed by atoms with Gasteiger partial charge in [-0.1, -0.05) is 48.5 Å². The lowest BCUT2D eigenvalue weighted by Gasteiger charge is -2.12. The summed E-state index contributed by atoms with van der Waals surface area (Å²) in [7, 11) is 0. The lowest BCUT2D eigenvalue weighted by Crippen LogP contribution is -2.25. The molecule has 2 aliphatic rings. The number of rotatable bonds is 3. The van der Waals surface area contributed by atoms with E-state index in [0.29, 0.717) is 28.1 Å². The van der Waals surface area contributed by atoms with E-state index in [4.69, 9.17) is 0 Å². The van der Waals surface area contributed by atoms with Crippen molar-refractivity contribution in [3.05, 3.63) is 107 Å². The Labute approximate surface area is 188 Å². The van der Waals surface area contributed by atoms with Gasteiger partial charge in [-0.2, -0.15) is 0 Å². The van der Waals surface area contributed by atoms with Crippen LogP contribution in [0.5, 0.6) is 11.8 Å². The van der Waals surface area contributed by atoms with E-state index in [0.717, 1.165) is 0 Å². The predicted molar refractivity (Wildman–Crippen MR) is 120 cm³/mol. The Morgan fingerprint density at radius 3 is 2.03 bits per heavy atom. The molecule has 2 aromatic heterocycles. The molecule has 7 heteroatoms. The van der Waals surface area contributed by atoms with Gasteiger partial charge in [0.25, 0.3) is 0 Å². The van der Waals surface area contributed by atoms with Crippen molar-refractivity contribution in [1.82, 2.24) is 9.55 Å². The largest absolute Gasteiger partial charge is 0.494 e. The fourth-order valence-electron chi connectivity index (χ4n) is 4.73. The number of hydrogen-bond donors (Lipinski definition) is 2. The first-order valence-electron chi connectivity index (χ1n) is 10.5. The molecule has 6 rings (SSSR count). The topological polar surface area (TPSA) is 105 Å². The molecule has 0 fully saturated rings. The summed E-state index contributed by atoms with van der Waals surface area (Å²) in [6.45, 7) is 0. The number of ketones is 2. The number of Topliss-reactive ketones (excluding diaryl/α,β-unsaturated/α-hetero) is 2. The van der Waals surface area contributed by atoms with Crippen LogP contribution in [0.4, 0.5) is 0 Å². The summed E-state index contributed by atoms with van der Waals surface area (Å²) in [5, 5.41) is 22.5. The molecular formula is C26H17N3O4. The van der Waals surface area contributed by atoms with Crippen LogP contribution in [0.2, 0.25) is 0 Å². The third kappa shape index (κ3) is 2.62. The quantitative estimate of drug-likeness (QED) is 0.476. The Kier molecular flexibility index (Phi) is 4.07. The highest BCUT2D eigenvalue weighted by molar-refractivity contribution is 6.39. The van der Waals surface area contributed by atoms with Crippen molar-refractivity contribution in [2.24, 2.45) is 10.9 Å². The lowest BCUT2D eigenvalue weighted by atomic mass is 9.92. The van der Waals surface area contributed by atoms with Gasteiger partial charge < -0.3 is 10.2 Å². The van der Waals surface area contributed by atoms with E-state index >= 15 is 0 Å². The van der Waals surface area contributed by atoms with Crippen molar-refractivity contribution in [3.8, 4) is 17.4 Å². The number of aromatic nitrogens is 2. The number of para-hydroxylation sites is 1. The van der Waals surface area contributed by atoms with E-state index in [1.807, 2.05) is 6.07 Å². The van der Waals surface area contributed by atoms with Gasteiger partial charge in [-0.25, -0.2) is 0 Å². The van der Waals surface area contributed by atoms with Crippen LogP contribution in [-0.2, 0) is 0 Å². The number of pyridine rings is 1. The normalized spacial score (nSPS) is 17.2. The molecule has 1 unspecified atom stereocenters. The number of aliphatic imine (C=N–C) groups is 1. The molecule has 0 bridgehead atoms. The van der Waals surface area contributed by atoms with Gasteiger partial charge in [-0.15, -0.1) is 0 Å². The first kappa shape index (κ1) is 19.2. The number of carbonyl (C=O) groups excluding carboxylic acids is 2. The summed E-state index contributed by atoms with van der Waals surface area (Å²) in [5.41, 5.74) is 2.41. The molecule has 33 heavy (non-hydrogen) atoms. The second-order valence-corrected chi connectivity index (χ2v) is 7.99. The monoisotopic (exact) mass is 435 g/mol. The Bertz CT molecular complexity index is 1440. The van der Waals surface area contributed by atoms with Crippen LogP contribution in [0, 0.1) is 5.92 Å². The zero-order valence-electron chi connectivity index (χ0n) is 17.2. The smallest absolute Gasteiger partial charge is 0.208 e. The molecular weight excluding hydrogens is 418 g/mol. The molecule has 0 saturated carbocycles. The standard InChI is InChI=1S/C26H17N3O4/c30-23-15-10-4-5-11-16(15)24(31)20(23)22-19-18(21(28-22)17-12-6-7-13-27-17)25(32)29(26(19)33)14-8-2-1-3-9-14/h1-13,20-21,32-33H. The Hall–Kier alpha value is -4.52. The summed E-state index contributed by atoms with van der Waals surface area (Å²) in [6.07, 6.45) is 1.61. The molecule has 2 aromatic carbocycles. The molecule has 1 atom stereocenters. The number of benzene rings is 2. The van der Waals surface area contributed by atoms with Crippen molar-refractivity contribution < 1.29 is 19.8 Å². The highest BCUT2D eigenvalue weighted by atomic mass is 16.3. The minimum atomic E-state index is -1.19. The van der Waals surface area contributed by atoms with Crippen LogP contribution in [0.15, 0.2) is 84.0 Å². The van der Waals surface area contributed by atoms with Gasteiger partial charge in [-0.3, -0.25) is 24.1 Å².